The van der Waals surface area contributed by atoms with E-state index in [-0.39, 0.29) is 11.3 Å². The molecular weight excluding hydrogens is 335 g/mol. The van der Waals surface area contributed by atoms with Gasteiger partial charge in [-0.2, -0.15) is 0 Å². The molecule has 0 aromatic heterocycles. The zero-order chi connectivity index (χ0) is 18.4. The van der Waals surface area contributed by atoms with E-state index < -0.39 is 34.9 Å². The van der Waals surface area contributed by atoms with E-state index in [9.17, 15) is 24.1 Å². The molecule has 0 aliphatic rings. The summed E-state index contributed by atoms with van der Waals surface area (Å²) in [5.41, 5.74) is -0.155. The number of nitrogens with zero attached hydrogens (tertiary/aromatic N) is 1. The van der Waals surface area contributed by atoms with E-state index in [1.807, 2.05) is 0 Å². The molecule has 0 saturated carbocycles. The van der Waals surface area contributed by atoms with Gasteiger partial charge < -0.3 is 14.8 Å². The molecule has 8 nitrogen and oxygen atoms in total. The Balaban J connectivity index is 1.97. The minimum Gasteiger partial charge on any atom is -0.490 e. The SMILES string of the molecule is COc1ccc(C(=O)OCC(=O)Nc2ccc(F)cc2)cc1[N+](=O)[O-]. The van der Waals surface area contributed by atoms with Crippen LogP contribution in [0.5, 0.6) is 5.75 Å². The molecular formula is C16H13FN2O6. The van der Waals surface area contributed by atoms with Crippen LogP contribution in [0, 0.1) is 15.9 Å². The summed E-state index contributed by atoms with van der Waals surface area (Å²) in [6.07, 6.45) is 0. The normalized spacial score (nSPS) is 10.0. The van der Waals surface area contributed by atoms with Gasteiger partial charge >= 0.3 is 11.7 Å². The largest absolute Gasteiger partial charge is 0.490 e. The number of nitrogens with one attached hydrogen (secondary N) is 1. The summed E-state index contributed by atoms with van der Waals surface area (Å²) < 4.78 is 22.4. The molecule has 0 radical (unpaired) electrons. The summed E-state index contributed by atoms with van der Waals surface area (Å²) >= 11 is 0. The van der Waals surface area contributed by atoms with Gasteiger partial charge in [-0.3, -0.25) is 14.9 Å². The first kappa shape index (κ1) is 17.9. The number of amides is 1. The van der Waals surface area contributed by atoms with Crippen LogP contribution in [0.25, 0.3) is 0 Å². The van der Waals surface area contributed by atoms with Crippen LogP contribution in [-0.2, 0) is 9.53 Å². The highest BCUT2D eigenvalue weighted by Crippen LogP contribution is 2.27. The van der Waals surface area contributed by atoms with Crippen molar-refractivity contribution in [3.05, 3.63) is 64.0 Å². The van der Waals surface area contributed by atoms with E-state index in [1.54, 1.807) is 0 Å². The Bertz CT molecular complexity index is 807. The lowest BCUT2D eigenvalue weighted by Gasteiger charge is -2.07. The number of esters is 1. The number of nitro groups is 1. The second-order valence-corrected chi connectivity index (χ2v) is 4.77. The number of hydrogen-bond acceptors (Lipinski definition) is 6. The maximum absolute atomic E-state index is 12.8. The van der Waals surface area contributed by atoms with Gasteiger partial charge in [0, 0.05) is 11.8 Å². The Labute approximate surface area is 141 Å². The maximum atomic E-state index is 12.8. The smallest absolute Gasteiger partial charge is 0.338 e. The first-order valence-electron chi connectivity index (χ1n) is 6.95. The van der Waals surface area contributed by atoms with Gasteiger partial charge in [0.05, 0.1) is 17.6 Å². The molecule has 0 aliphatic carbocycles. The van der Waals surface area contributed by atoms with Gasteiger partial charge in [0.1, 0.15) is 5.82 Å². The van der Waals surface area contributed by atoms with Gasteiger partial charge in [0.2, 0.25) is 0 Å². The minimum atomic E-state index is -0.903. The van der Waals surface area contributed by atoms with Crippen LogP contribution in [0.3, 0.4) is 0 Å². The van der Waals surface area contributed by atoms with Crippen LogP contribution < -0.4 is 10.1 Å². The van der Waals surface area contributed by atoms with E-state index in [2.05, 4.69) is 5.32 Å². The number of carbonyl (C=O) groups is 2. The van der Waals surface area contributed by atoms with Crippen molar-refractivity contribution in [2.45, 2.75) is 0 Å². The third-order valence-electron chi connectivity index (χ3n) is 3.07. The molecule has 2 rings (SSSR count). The molecule has 1 N–H and O–H groups in total. The lowest BCUT2D eigenvalue weighted by atomic mass is 10.2. The molecule has 0 saturated heterocycles. The molecule has 25 heavy (non-hydrogen) atoms. The van der Waals surface area contributed by atoms with Gasteiger partial charge in [0.15, 0.2) is 12.4 Å². The summed E-state index contributed by atoms with van der Waals surface area (Å²) in [5, 5.41) is 13.3. The highest BCUT2D eigenvalue weighted by molar-refractivity contribution is 5.95. The summed E-state index contributed by atoms with van der Waals surface area (Å²) in [5.74, 6) is -2.00. The zero-order valence-electron chi connectivity index (χ0n) is 13.0. The number of hydrogen-bond donors (Lipinski definition) is 1. The van der Waals surface area contributed by atoms with Crippen molar-refractivity contribution in [1.29, 1.82) is 0 Å². The molecule has 9 heteroatoms. The van der Waals surface area contributed by atoms with E-state index >= 15 is 0 Å². The monoisotopic (exact) mass is 348 g/mol. The molecule has 0 bridgehead atoms. The molecule has 2 aromatic carbocycles. The Morgan fingerprint density at radius 2 is 1.88 bits per heavy atom. The van der Waals surface area contributed by atoms with Crippen molar-refractivity contribution in [3.8, 4) is 5.75 Å². The predicted octanol–water partition coefficient (Wildman–Crippen LogP) is 2.54. The van der Waals surface area contributed by atoms with Gasteiger partial charge in [-0.15, -0.1) is 0 Å². The van der Waals surface area contributed by atoms with Crippen molar-refractivity contribution >= 4 is 23.3 Å². The quantitative estimate of drug-likeness (QED) is 0.488. The number of ether oxygens (including phenoxy) is 2. The summed E-state index contributed by atoms with van der Waals surface area (Å²) in [7, 11) is 1.26. The Morgan fingerprint density at radius 1 is 1.20 bits per heavy atom. The van der Waals surface area contributed by atoms with Crippen molar-refractivity contribution in [2.24, 2.45) is 0 Å². The van der Waals surface area contributed by atoms with Crippen LogP contribution in [0.2, 0.25) is 0 Å². The number of methoxy groups -OCH3 is 1. The van der Waals surface area contributed by atoms with E-state index in [1.165, 1.54) is 31.4 Å². The predicted molar refractivity (Wildman–Crippen MR) is 85.0 cm³/mol. The minimum absolute atomic E-state index is 0.00407. The van der Waals surface area contributed by atoms with Crippen molar-refractivity contribution in [2.75, 3.05) is 19.0 Å². The van der Waals surface area contributed by atoms with Crippen molar-refractivity contribution in [1.82, 2.24) is 0 Å². The van der Waals surface area contributed by atoms with Crippen LogP contribution in [0.4, 0.5) is 15.8 Å². The van der Waals surface area contributed by atoms with Crippen LogP contribution in [-0.4, -0.2) is 30.5 Å². The lowest BCUT2D eigenvalue weighted by Crippen LogP contribution is -2.21. The fourth-order valence-corrected chi connectivity index (χ4v) is 1.90. The summed E-state index contributed by atoms with van der Waals surface area (Å²) in [4.78, 5) is 33.8. The van der Waals surface area contributed by atoms with Crippen LogP contribution in [0.1, 0.15) is 10.4 Å². The molecule has 130 valence electrons. The van der Waals surface area contributed by atoms with Crippen molar-refractivity contribution in [3.63, 3.8) is 0 Å². The first-order chi connectivity index (χ1) is 11.9. The number of benzene rings is 2. The molecule has 0 aliphatic heterocycles. The van der Waals surface area contributed by atoms with E-state index in [0.717, 1.165) is 18.2 Å². The first-order valence-corrected chi connectivity index (χ1v) is 6.95. The Morgan fingerprint density at radius 3 is 2.48 bits per heavy atom. The lowest BCUT2D eigenvalue weighted by molar-refractivity contribution is -0.385. The van der Waals surface area contributed by atoms with Crippen LogP contribution >= 0.6 is 0 Å². The summed E-state index contributed by atoms with van der Waals surface area (Å²) in [6.45, 7) is -0.601. The van der Waals surface area contributed by atoms with E-state index in [0.29, 0.717) is 5.69 Å². The number of nitro benzene ring substituents is 1. The molecule has 0 fully saturated rings. The van der Waals surface area contributed by atoms with Crippen LogP contribution in [0.15, 0.2) is 42.5 Å². The highest BCUT2D eigenvalue weighted by Gasteiger charge is 2.19. The van der Waals surface area contributed by atoms with Gasteiger partial charge in [-0.05, 0) is 36.4 Å². The molecule has 1 amide bonds. The number of halogens is 1. The Kier molecular flexibility index (Phi) is 5.62. The highest BCUT2D eigenvalue weighted by atomic mass is 19.1. The topological polar surface area (TPSA) is 108 Å². The fraction of sp³-hybridized carbons (Fsp3) is 0.125. The zero-order valence-corrected chi connectivity index (χ0v) is 13.0. The van der Waals surface area contributed by atoms with E-state index in [4.69, 9.17) is 9.47 Å². The molecule has 0 heterocycles. The van der Waals surface area contributed by atoms with Crippen molar-refractivity contribution < 1.29 is 28.4 Å². The maximum Gasteiger partial charge on any atom is 0.338 e. The number of rotatable bonds is 6. The molecule has 2 aromatic rings. The van der Waals surface area contributed by atoms with Gasteiger partial charge in [-0.1, -0.05) is 0 Å². The second-order valence-electron chi connectivity index (χ2n) is 4.77. The average Bonchev–Trinajstić information content (AvgIpc) is 2.61. The Hall–Kier alpha value is -3.49. The fourth-order valence-electron chi connectivity index (χ4n) is 1.90. The van der Waals surface area contributed by atoms with Gasteiger partial charge in [-0.25, -0.2) is 9.18 Å². The second kappa shape index (κ2) is 7.86. The standard InChI is InChI=1S/C16H13FN2O6/c1-24-14-7-2-10(8-13(14)19(22)23)16(21)25-9-15(20)18-12-5-3-11(17)4-6-12/h2-8H,9H2,1H3,(H,18,20). The molecule has 0 spiro atoms. The summed E-state index contributed by atoms with van der Waals surface area (Å²) in [6, 6.07) is 8.57. The number of anilines is 1. The average molecular weight is 348 g/mol. The van der Waals surface area contributed by atoms with Gasteiger partial charge in [0.25, 0.3) is 5.91 Å². The molecule has 0 unspecified atom stereocenters. The number of carbonyl (C=O) groups excluding carboxylic acids is 2. The molecule has 0 atom stereocenters. The third-order valence-corrected chi connectivity index (χ3v) is 3.07. The third kappa shape index (κ3) is 4.74.